The Kier molecular flexibility index (Phi) is 4.80. The summed E-state index contributed by atoms with van der Waals surface area (Å²) in [5, 5.41) is 0. The highest BCUT2D eigenvalue weighted by Gasteiger charge is 2.03. The minimum absolute atomic E-state index is 0.696. The van der Waals surface area contributed by atoms with Crippen LogP contribution in [0.25, 0.3) is 0 Å². The Morgan fingerprint density at radius 2 is 1.89 bits per heavy atom. The fourth-order valence-electron chi connectivity index (χ4n) is 1.81. The molecule has 0 aliphatic heterocycles. The Morgan fingerprint density at radius 1 is 1.16 bits per heavy atom. The zero-order valence-electron chi connectivity index (χ0n) is 11.1. The molecule has 0 bridgehead atoms. The molecule has 1 heterocycles. The molecule has 2 rings (SSSR count). The van der Waals surface area contributed by atoms with Crippen LogP contribution in [0.4, 0.5) is 5.82 Å². The van der Waals surface area contributed by atoms with E-state index in [0.29, 0.717) is 6.61 Å². The van der Waals surface area contributed by atoms with Crippen LogP contribution >= 0.6 is 15.9 Å². The second-order valence-corrected chi connectivity index (χ2v) is 5.18. The normalized spacial score (nSPS) is 10.3. The molecule has 0 fully saturated rings. The van der Waals surface area contributed by atoms with Crippen LogP contribution in [-0.2, 0) is 6.54 Å². The molecule has 3 nitrogen and oxygen atoms in total. The van der Waals surface area contributed by atoms with Crippen LogP contribution < -0.4 is 9.64 Å². The van der Waals surface area contributed by atoms with Gasteiger partial charge in [0.1, 0.15) is 11.6 Å². The van der Waals surface area contributed by atoms with Crippen molar-refractivity contribution in [2.24, 2.45) is 0 Å². The number of nitrogens with zero attached hydrogens (tertiary/aromatic N) is 2. The molecule has 0 saturated carbocycles. The van der Waals surface area contributed by atoms with Gasteiger partial charge in [-0.2, -0.15) is 0 Å². The van der Waals surface area contributed by atoms with Gasteiger partial charge < -0.3 is 9.64 Å². The molecule has 0 amide bonds. The van der Waals surface area contributed by atoms with E-state index in [0.717, 1.165) is 22.6 Å². The monoisotopic (exact) mass is 320 g/mol. The van der Waals surface area contributed by atoms with Crippen LogP contribution in [0.2, 0.25) is 0 Å². The molecule has 0 aliphatic rings. The Labute approximate surface area is 122 Å². The summed E-state index contributed by atoms with van der Waals surface area (Å²) >= 11 is 3.39. The van der Waals surface area contributed by atoms with E-state index in [1.807, 2.05) is 44.4 Å². The van der Waals surface area contributed by atoms with E-state index < -0.39 is 0 Å². The lowest BCUT2D eigenvalue weighted by atomic mass is 10.2. The molecular formula is C15H17BrN2O. The summed E-state index contributed by atoms with van der Waals surface area (Å²) in [6.45, 7) is 3.50. The minimum Gasteiger partial charge on any atom is -0.494 e. The number of halogens is 1. The highest BCUT2D eigenvalue weighted by atomic mass is 79.9. The summed E-state index contributed by atoms with van der Waals surface area (Å²) in [5.74, 6) is 1.87. The summed E-state index contributed by atoms with van der Waals surface area (Å²) in [7, 11) is 2.03. The fraction of sp³-hybridized carbons (Fsp3) is 0.267. The minimum atomic E-state index is 0.696. The fourth-order valence-corrected chi connectivity index (χ4v) is 2.04. The van der Waals surface area contributed by atoms with E-state index in [4.69, 9.17) is 4.74 Å². The molecule has 1 aromatic carbocycles. The van der Waals surface area contributed by atoms with E-state index >= 15 is 0 Å². The highest BCUT2D eigenvalue weighted by Crippen LogP contribution is 2.17. The summed E-state index contributed by atoms with van der Waals surface area (Å²) in [5.41, 5.74) is 1.23. The summed E-state index contributed by atoms with van der Waals surface area (Å²) < 4.78 is 6.42. The van der Waals surface area contributed by atoms with Gasteiger partial charge in [0, 0.05) is 24.3 Å². The number of ether oxygens (including phenoxy) is 1. The molecule has 2 aromatic rings. The van der Waals surface area contributed by atoms with Crippen LogP contribution in [0.3, 0.4) is 0 Å². The zero-order chi connectivity index (χ0) is 13.7. The molecule has 1 aromatic heterocycles. The molecule has 0 N–H and O–H groups in total. The van der Waals surface area contributed by atoms with Gasteiger partial charge >= 0.3 is 0 Å². The van der Waals surface area contributed by atoms with Crippen LogP contribution in [-0.4, -0.2) is 18.6 Å². The van der Waals surface area contributed by atoms with Crippen molar-refractivity contribution in [2.75, 3.05) is 18.6 Å². The van der Waals surface area contributed by atoms with Crippen molar-refractivity contribution < 1.29 is 4.74 Å². The van der Waals surface area contributed by atoms with Crippen molar-refractivity contribution in [3.05, 3.63) is 52.6 Å². The van der Waals surface area contributed by atoms with Crippen molar-refractivity contribution in [1.29, 1.82) is 0 Å². The lowest BCUT2D eigenvalue weighted by molar-refractivity contribution is 0.340. The van der Waals surface area contributed by atoms with Crippen molar-refractivity contribution in [3.8, 4) is 5.75 Å². The van der Waals surface area contributed by atoms with Gasteiger partial charge in [-0.25, -0.2) is 4.98 Å². The van der Waals surface area contributed by atoms with Gasteiger partial charge in [0.2, 0.25) is 0 Å². The Morgan fingerprint density at radius 3 is 2.47 bits per heavy atom. The Balaban J connectivity index is 2.01. The first-order valence-electron chi connectivity index (χ1n) is 6.23. The van der Waals surface area contributed by atoms with Crippen LogP contribution in [0, 0.1) is 0 Å². The van der Waals surface area contributed by atoms with Crippen LogP contribution in [0.15, 0.2) is 47.1 Å². The SMILES string of the molecule is CCOc1ccc(CN(C)c2ccc(Br)cn2)cc1. The highest BCUT2D eigenvalue weighted by molar-refractivity contribution is 9.10. The number of hydrogen-bond donors (Lipinski definition) is 0. The van der Waals surface area contributed by atoms with Gasteiger partial charge in [0.05, 0.1) is 6.61 Å². The maximum absolute atomic E-state index is 5.43. The van der Waals surface area contributed by atoms with Crippen molar-refractivity contribution in [1.82, 2.24) is 4.98 Å². The van der Waals surface area contributed by atoms with E-state index in [1.54, 1.807) is 0 Å². The van der Waals surface area contributed by atoms with Gasteiger partial charge in [-0.15, -0.1) is 0 Å². The van der Waals surface area contributed by atoms with E-state index in [-0.39, 0.29) is 0 Å². The van der Waals surface area contributed by atoms with Gasteiger partial charge in [0.25, 0.3) is 0 Å². The Hall–Kier alpha value is -1.55. The number of aromatic nitrogens is 1. The zero-order valence-corrected chi connectivity index (χ0v) is 12.7. The Bertz CT molecular complexity index is 511. The smallest absolute Gasteiger partial charge is 0.128 e. The predicted molar refractivity (Wildman–Crippen MR) is 81.7 cm³/mol. The maximum Gasteiger partial charge on any atom is 0.128 e. The first kappa shape index (κ1) is 13.9. The third-order valence-corrected chi connectivity index (χ3v) is 3.23. The van der Waals surface area contributed by atoms with Gasteiger partial charge in [-0.05, 0) is 52.7 Å². The first-order valence-corrected chi connectivity index (χ1v) is 7.03. The molecule has 19 heavy (non-hydrogen) atoms. The lowest BCUT2D eigenvalue weighted by Gasteiger charge is -2.18. The number of rotatable bonds is 5. The average molecular weight is 321 g/mol. The van der Waals surface area contributed by atoms with Crippen molar-refractivity contribution in [3.63, 3.8) is 0 Å². The van der Waals surface area contributed by atoms with Crippen LogP contribution in [0.1, 0.15) is 12.5 Å². The maximum atomic E-state index is 5.43. The lowest BCUT2D eigenvalue weighted by Crippen LogP contribution is -2.17. The standard InChI is InChI=1S/C15H17BrN2O/c1-3-19-14-7-4-12(5-8-14)11-18(2)15-9-6-13(16)10-17-15/h4-10H,3,11H2,1-2H3. The number of anilines is 1. The van der Waals surface area contributed by atoms with Crippen LogP contribution in [0.5, 0.6) is 5.75 Å². The molecule has 0 unspecified atom stereocenters. The molecule has 0 radical (unpaired) electrons. The van der Waals surface area contributed by atoms with Gasteiger partial charge in [-0.1, -0.05) is 12.1 Å². The topological polar surface area (TPSA) is 25.4 Å². The van der Waals surface area contributed by atoms with Crippen molar-refractivity contribution in [2.45, 2.75) is 13.5 Å². The third-order valence-electron chi connectivity index (χ3n) is 2.76. The summed E-state index contributed by atoms with van der Waals surface area (Å²) in [6.07, 6.45) is 1.81. The number of hydrogen-bond acceptors (Lipinski definition) is 3. The van der Waals surface area contributed by atoms with Crippen molar-refractivity contribution >= 4 is 21.7 Å². The molecule has 4 heteroatoms. The summed E-state index contributed by atoms with van der Waals surface area (Å²) in [4.78, 5) is 6.49. The third kappa shape index (κ3) is 3.96. The molecule has 0 atom stereocenters. The molecular weight excluding hydrogens is 304 g/mol. The largest absolute Gasteiger partial charge is 0.494 e. The second-order valence-electron chi connectivity index (χ2n) is 4.27. The molecule has 100 valence electrons. The average Bonchev–Trinajstić information content (AvgIpc) is 2.42. The van der Waals surface area contributed by atoms with Gasteiger partial charge in [-0.3, -0.25) is 0 Å². The quantitative estimate of drug-likeness (QED) is 0.836. The number of pyridine rings is 1. The first-order chi connectivity index (χ1) is 9.19. The second kappa shape index (κ2) is 6.57. The molecule has 0 saturated heterocycles. The summed E-state index contributed by atoms with van der Waals surface area (Å²) in [6, 6.07) is 12.2. The molecule has 0 spiro atoms. The van der Waals surface area contributed by atoms with Gasteiger partial charge in [0.15, 0.2) is 0 Å². The number of benzene rings is 1. The van der Waals surface area contributed by atoms with E-state index in [9.17, 15) is 0 Å². The molecule has 0 aliphatic carbocycles. The van der Waals surface area contributed by atoms with E-state index in [1.165, 1.54) is 5.56 Å². The van der Waals surface area contributed by atoms with E-state index in [2.05, 4.69) is 37.9 Å². The predicted octanol–water partition coefficient (Wildman–Crippen LogP) is 3.88.